The molecule has 0 aliphatic rings. The number of carbonyl (C=O) groups excluding carboxylic acids is 1. The van der Waals surface area contributed by atoms with Gasteiger partial charge in [-0.1, -0.05) is 23.7 Å². The highest BCUT2D eigenvalue weighted by Crippen LogP contribution is 2.31. The van der Waals surface area contributed by atoms with E-state index in [1.165, 1.54) is 24.3 Å². The normalized spacial score (nSPS) is 10.3. The number of methoxy groups -OCH3 is 1. The topological polar surface area (TPSA) is 39.2 Å². The summed E-state index contributed by atoms with van der Waals surface area (Å²) in [6.45, 7) is 0. The predicted molar refractivity (Wildman–Crippen MR) is 65.9 cm³/mol. The van der Waals surface area contributed by atoms with Gasteiger partial charge in [0.15, 0.2) is 5.69 Å². The van der Waals surface area contributed by atoms with E-state index in [1.54, 1.807) is 0 Å². The molecule has 0 fully saturated rings. The van der Waals surface area contributed by atoms with Crippen LogP contribution in [0, 0.1) is 11.8 Å². The van der Waals surface area contributed by atoms with E-state index in [4.69, 9.17) is 11.6 Å². The molecule has 98 valence electrons. The Kier molecular flexibility index (Phi) is 3.76. The predicted octanol–water partition coefficient (Wildman–Crippen LogP) is 3.47. The minimum absolute atomic E-state index is 0.000455. The Bertz CT molecular complexity index is 629. The molecule has 1 aromatic heterocycles. The molecule has 0 amide bonds. The lowest BCUT2D eigenvalue weighted by atomic mass is 10.0. The number of halogens is 3. The molecule has 0 unspecified atom stereocenters. The van der Waals surface area contributed by atoms with E-state index in [-0.39, 0.29) is 16.3 Å². The minimum Gasteiger partial charge on any atom is -0.464 e. The zero-order valence-corrected chi connectivity index (χ0v) is 10.5. The van der Waals surface area contributed by atoms with Gasteiger partial charge >= 0.3 is 5.97 Å². The zero-order valence-electron chi connectivity index (χ0n) is 9.78. The fourth-order valence-electron chi connectivity index (χ4n) is 1.62. The van der Waals surface area contributed by atoms with Gasteiger partial charge in [-0.05, 0) is 17.7 Å². The number of carbonyl (C=O) groups is 1. The molecular weight excluding hydrogens is 276 g/mol. The molecule has 3 nitrogen and oxygen atoms in total. The summed E-state index contributed by atoms with van der Waals surface area (Å²) in [4.78, 5) is 15.1. The first kappa shape index (κ1) is 13.4. The highest BCUT2D eigenvalue weighted by atomic mass is 35.5. The molecule has 0 N–H and O–H groups in total. The minimum atomic E-state index is -0.892. The van der Waals surface area contributed by atoms with E-state index in [9.17, 15) is 13.6 Å². The lowest BCUT2D eigenvalue weighted by Gasteiger charge is -2.09. The van der Waals surface area contributed by atoms with Crippen molar-refractivity contribution in [1.29, 1.82) is 0 Å². The molecule has 0 saturated heterocycles. The number of esters is 1. The first-order valence-electron chi connectivity index (χ1n) is 5.23. The van der Waals surface area contributed by atoms with E-state index in [0.29, 0.717) is 5.56 Å². The molecular formula is C13H8ClF2NO2. The van der Waals surface area contributed by atoms with E-state index < -0.39 is 17.7 Å². The van der Waals surface area contributed by atoms with Crippen LogP contribution in [-0.2, 0) is 4.74 Å². The Hall–Kier alpha value is -2.01. The van der Waals surface area contributed by atoms with Crippen LogP contribution < -0.4 is 0 Å². The maximum Gasteiger partial charge on any atom is 0.357 e. The average Bonchev–Trinajstić information content (AvgIpc) is 2.38. The monoisotopic (exact) mass is 283 g/mol. The number of rotatable bonds is 2. The number of pyridine rings is 1. The van der Waals surface area contributed by atoms with Gasteiger partial charge in [0.05, 0.1) is 12.1 Å². The van der Waals surface area contributed by atoms with E-state index in [1.807, 2.05) is 0 Å². The average molecular weight is 284 g/mol. The van der Waals surface area contributed by atoms with Gasteiger partial charge in [0.25, 0.3) is 0 Å². The second-order valence-electron chi connectivity index (χ2n) is 3.65. The molecule has 6 heteroatoms. The van der Waals surface area contributed by atoms with Crippen LogP contribution in [0.1, 0.15) is 10.5 Å². The Morgan fingerprint density at radius 3 is 2.47 bits per heavy atom. The summed E-state index contributed by atoms with van der Waals surface area (Å²) in [5.74, 6) is -2.15. The van der Waals surface area contributed by atoms with Crippen molar-refractivity contribution in [3.05, 3.63) is 52.8 Å². The van der Waals surface area contributed by atoms with Crippen LogP contribution in [0.25, 0.3) is 11.1 Å². The maximum absolute atomic E-state index is 13.2. The van der Waals surface area contributed by atoms with E-state index in [0.717, 1.165) is 13.2 Å². The van der Waals surface area contributed by atoms with Crippen molar-refractivity contribution in [3.8, 4) is 11.1 Å². The second-order valence-corrected chi connectivity index (χ2v) is 4.06. The van der Waals surface area contributed by atoms with Gasteiger partial charge in [-0.15, -0.1) is 0 Å². The Morgan fingerprint density at radius 2 is 1.89 bits per heavy atom. The van der Waals surface area contributed by atoms with Crippen molar-refractivity contribution in [3.63, 3.8) is 0 Å². The van der Waals surface area contributed by atoms with Crippen LogP contribution in [0.2, 0.25) is 5.02 Å². The summed E-state index contributed by atoms with van der Waals surface area (Å²) in [6, 6.07) is 6.23. The quantitative estimate of drug-likeness (QED) is 0.626. The molecule has 0 atom stereocenters. The van der Waals surface area contributed by atoms with Crippen LogP contribution in [0.4, 0.5) is 8.78 Å². The number of hydrogen-bond acceptors (Lipinski definition) is 3. The molecule has 0 bridgehead atoms. The van der Waals surface area contributed by atoms with Gasteiger partial charge < -0.3 is 4.74 Å². The van der Waals surface area contributed by atoms with Crippen LogP contribution in [-0.4, -0.2) is 18.1 Å². The summed E-state index contributed by atoms with van der Waals surface area (Å²) in [6.07, 6.45) is 0. The first-order chi connectivity index (χ1) is 9.02. The summed E-state index contributed by atoms with van der Waals surface area (Å²) in [5.41, 5.74) is 0.397. The van der Waals surface area contributed by atoms with Gasteiger partial charge in [-0.25, -0.2) is 14.2 Å². The molecule has 2 rings (SSSR count). The van der Waals surface area contributed by atoms with Crippen LogP contribution >= 0.6 is 11.6 Å². The van der Waals surface area contributed by atoms with E-state index >= 15 is 0 Å². The molecule has 0 aliphatic heterocycles. The Labute approximate surface area is 112 Å². The summed E-state index contributed by atoms with van der Waals surface area (Å²) < 4.78 is 30.6. The van der Waals surface area contributed by atoms with Crippen molar-refractivity contribution in [2.45, 2.75) is 0 Å². The smallest absolute Gasteiger partial charge is 0.357 e. The zero-order chi connectivity index (χ0) is 14.0. The second kappa shape index (κ2) is 5.32. The molecule has 0 saturated carbocycles. The molecule has 2 aromatic rings. The fourth-order valence-corrected chi connectivity index (χ4v) is 1.91. The number of ether oxygens (including phenoxy) is 1. The number of benzene rings is 1. The highest BCUT2D eigenvalue weighted by molar-refractivity contribution is 6.34. The lowest BCUT2D eigenvalue weighted by molar-refractivity contribution is 0.0593. The van der Waals surface area contributed by atoms with Crippen molar-refractivity contribution in [1.82, 2.24) is 4.98 Å². The summed E-state index contributed by atoms with van der Waals surface area (Å²) >= 11 is 5.93. The third kappa shape index (κ3) is 2.71. The number of hydrogen-bond donors (Lipinski definition) is 0. The van der Waals surface area contributed by atoms with Gasteiger partial charge in [0.2, 0.25) is 5.95 Å². The van der Waals surface area contributed by atoms with Crippen LogP contribution in [0.5, 0.6) is 0 Å². The molecule has 19 heavy (non-hydrogen) atoms. The standard InChI is InChI=1S/C13H8ClF2NO2/c1-19-13(18)12-11(9(14)6-10(16)17-12)7-2-4-8(15)5-3-7/h2-6H,1H3. The van der Waals surface area contributed by atoms with E-state index in [2.05, 4.69) is 9.72 Å². The highest BCUT2D eigenvalue weighted by Gasteiger charge is 2.20. The van der Waals surface area contributed by atoms with Crippen LogP contribution in [0.15, 0.2) is 30.3 Å². The first-order valence-corrected chi connectivity index (χ1v) is 5.61. The fraction of sp³-hybridized carbons (Fsp3) is 0.0769. The van der Waals surface area contributed by atoms with Crippen molar-refractivity contribution >= 4 is 17.6 Å². The van der Waals surface area contributed by atoms with Gasteiger partial charge in [-0.2, -0.15) is 4.39 Å². The van der Waals surface area contributed by atoms with Crippen molar-refractivity contribution in [2.75, 3.05) is 7.11 Å². The maximum atomic E-state index is 13.2. The van der Waals surface area contributed by atoms with Gasteiger partial charge in [0.1, 0.15) is 5.82 Å². The third-order valence-corrected chi connectivity index (χ3v) is 2.75. The van der Waals surface area contributed by atoms with Gasteiger partial charge in [0, 0.05) is 11.6 Å². The SMILES string of the molecule is COC(=O)c1nc(F)cc(Cl)c1-c1ccc(F)cc1. The molecule has 0 spiro atoms. The van der Waals surface area contributed by atoms with Gasteiger partial charge in [-0.3, -0.25) is 0 Å². The summed E-state index contributed by atoms with van der Waals surface area (Å²) in [5, 5.41) is -0.000455. The number of nitrogens with zero attached hydrogens (tertiary/aromatic N) is 1. The summed E-state index contributed by atoms with van der Waals surface area (Å²) in [7, 11) is 1.15. The molecule has 1 aromatic carbocycles. The molecule has 1 heterocycles. The lowest BCUT2D eigenvalue weighted by Crippen LogP contribution is -2.08. The Balaban J connectivity index is 2.67. The third-order valence-electron chi connectivity index (χ3n) is 2.45. The molecule has 0 radical (unpaired) electrons. The molecule has 0 aliphatic carbocycles. The van der Waals surface area contributed by atoms with Crippen molar-refractivity contribution in [2.24, 2.45) is 0 Å². The largest absolute Gasteiger partial charge is 0.464 e. The van der Waals surface area contributed by atoms with Crippen molar-refractivity contribution < 1.29 is 18.3 Å². The van der Waals surface area contributed by atoms with Crippen LogP contribution in [0.3, 0.4) is 0 Å². The number of aromatic nitrogens is 1. The Morgan fingerprint density at radius 1 is 1.26 bits per heavy atom.